The lowest BCUT2D eigenvalue weighted by molar-refractivity contribution is -0.385. The molecule has 54 heavy (non-hydrogen) atoms. The van der Waals surface area contributed by atoms with Crippen LogP contribution in [0.5, 0.6) is 0 Å². The van der Waals surface area contributed by atoms with Crippen LogP contribution in [0.25, 0.3) is 0 Å². The van der Waals surface area contributed by atoms with Crippen LogP contribution in [0.15, 0.2) is 36.4 Å². The summed E-state index contributed by atoms with van der Waals surface area (Å²) in [5, 5.41) is 17.7. The maximum absolute atomic E-state index is 14.2. The van der Waals surface area contributed by atoms with Crippen molar-refractivity contribution in [2.75, 3.05) is 48.8 Å². The van der Waals surface area contributed by atoms with E-state index < -0.39 is 21.9 Å². The second-order valence-corrected chi connectivity index (χ2v) is 17.7. The Morgan fingerprint density at radius 3 is 1.46 bits per heavy atom. The first-order valence-corrected chi connectivity index (χ1v) is 19.1. The number of anilines is 3. The van der Waals surface area contributed by atoms with Crippen LogP contribution in [-0.4, -0.2) is 66.5 Å². The first-order chi connectivity index (χ1) is 25.2. The number of rotatable bonds is 7. The summed E-state index contributed by atoms with van der Waals surface area (Å²) in [5.41, 5.74) is 6.67. The van der Waals surface area contributed by atoms with Gasteiger partial charge in [-0.2, -0.15) is 0 Å². The number of aliphatic hydroxyl groups excluding tert-OH is 1. The van der Waals surface area contributed by atoms with E-state index in [0.717, 1.165) is 90.7 Å². The first-order valence-electron chi connectivity index (χ1n) is 19.1. The third-order valence-corrected chi connectivity index (χ3v) is 11.1. The fourth-order valence-corrected chi connectivity index (χ4v) is 8.76. The summed E-state index contributed by atoms with van der Waals surface area (Å²) in [6.45, 7) is 14.5. The molecule has 0 atom stereocenters. The van der Waals surface area contributed by atoms with Crippen molar-refractivity contribution in [1.82, 2.24) is 0 Å². The standard InChI is InChI=1S/C20H27FN2O4.C20H29FN2O2.CH4O/c1-19(2,3)27-18(24)10-14-12-20(13-14)6-8-22(9-7-20)17-5-4-15(23(25)26)11-16(17)21;1-19(2,3)25-18(24)10-14-12-20(13-14)6-8-23(9-7-20)17-5-4-15(22)11-16(17)21;1-2/h4-5,11,14H,6-10,12-13H2,1-3H3;4-5,11,14H,6-10,12-13,22H2,1-3H3;2H,1H3. The number of ether oxygens (including phenoxy) is 2. The predicted octanol–water partition coefficient (Wildman–Crippen LogP) is 8.21. The van der Waals surface area contributed by atoms with Crippen LogP contribution < -0.4 is 15.5 Å². The molecule has 0 amide bonds. The van der Waals surface area contributed by atoms with Crippen molar-refractivity contribution in [2.24, 2.45) is 22.7 Å². The van der Waals surface area contributed by atoms with Crippen molar-refractivity contribution in [2.45, 2.75) is 117 Å². The van der Waals surface area contributed by atoms with Gasteiger partial charge in [0, 0.05) is 57.9 Å². The number of nitro benzene ring substituents is 1. The molecule has 3 N–H and O–H groups in total. The van der Waals surface area contributed by atoms with Gasteiger partial charge in [-0.15, -0.1) is 0 Å². The van der Waals surface area contributed by atoms with Gasteiger partial charge in [0.05, 0.1) is 22.4 Å². The maximum Gasteiger partial charge on any atom is 0.306 e. The maximum atomic E-state index is 14.2. The predicted molar refractivity (Wildman–Crippen MR) is 206 cm³/mol. The highest BCUT2D eigenvalue weighted by molar-refractivity contribution is 5.71. The zero-order valence-electron chi connectivity index (χ0n) is 33.1. The van der Waals surface area contributed by atoms with Gasteiger partial charge < -0.3 is 30.1 Å². The van der Waals surface area contributed by atoms with Gasteiger partial charge in [-0.25, -0.2) is 8.78 Å². The van der Waals surface area contributed by atoms with E-state index in [-0.39, 0.29) is 28.9 Å². The van der Waals surface area contributed by atoms with Crippen molar-refractivity contribution >= 4 is 34.7 Å². The lowest BCUT2D eigenvalue weighted by Gasteiger charge is -2.52. The molecule has 11 nitrogen and oxygen atoms in total. The molecule has 300 valence electrons. The Morgan fingerprint density at radius 1 is 0.759 bits per heavy atom. The fourth-order valence-electron chi connectivity index (χ4n) is 8.76. The second-order valence-electron chi connectivity index (χ2n) is 17.7. The Morgan fingerprint density at radius 2 is 1.13 bits per heavy atom. The van der Waals surface area contributed by atoms with Gasteiger partial charge in [0.25, 0.3) is 5.69 Å². The van der Waals surface area contributed by atoms with Crippen LogP contribution in [0.3, 0.4) is 0 Å². The summed E-state index contributed by atoms with van der Waals surface area (Å²) in [7, 11) is 1.00. The van der Waals surface area contributed by atoms with Crippen molar-refractivity contribution in [3.63, 3.8) is 0 Å². The number of nitrogens with zero attached hydrogens (tertiary/aromatic N) is 3. The van der Waals surface area contributed by atoms with Crippen molar-refractivity contribution in [3.8, 4) is 0 Å². The van der Waals surface area contributed by atoms with Gasteiger partial charge in [0.15, 0.2) is 5.82 Å². The Bertz CT molecular complexity index is 1610. The first kappa shape index (κ1) is 42.7. The van der Waals surface area contributed by atoms with E-state index in [0.29, 0.717) is 47.2 Å². The van der Waals surface area contributed by atoms with Gasteiger partial charge >= 0.3 is 11.9 Å². The van der Waals surface area contributed by atoms with E-state index >= 15 is 0 Å². The number of esters is 2. The van der Waals surface area contributed by atoms with Gasteiger partial charge in [0.2, 0.25) is 0 Å². The topological polar surface area (TPSA) is 148 Å². The minimum atomic E-state index is -0.586. The molecular weight excluding hydrogens is 698 g/mol. The summed E-state index contributed by atoms with van der Waals surface area (Å²) in [6, 6.07) is 8.75. The SMILES string of the molecule is CC(C)(C)OC(=O)CC1CC2(CCN(c3ccc(N)cc3F)CC2)C1.CC(C)(C)OC(=O)CC1CC2(CCN(c3ccc([N+](=O)[O-])cc3F)CC2)C1.CO. The summed E-state index contributed by atoms with van der Waals surface area (Å²) >= 11 is 0. The molecule has 2 heterocycles. The number of nitro groups is 1. The summed E-state index contributed by atoms with van der Waals surface area (Å²) in [6.07, 6.45) is 9.22. The van der Waals surface area contributed by atoms with Gasteiger partial charge in [-0.05, 0) is 140 Å². The van der Waals surface area contributed by atoms with Crippen LogP contribution >= 0.6 is 0 Å². The quantitative estimate of drug-likeness (QED) is 0.123. The molecule has 4 fully saturated rings. The van der Waals surface area contributed by atoms with Gasteiger partial charge in [-0.3, -0.25) is 19.7 Å². The summed E-state index contributed by atoms with van der Waals surface area (Å²) < 4.78 is 39.1. The molecule has 2 saturated carbocycles. The summed E-state index contributed by atoms with van der Waals surface area (Å²) in [5.74, 6) is -0.192. The zero-order chi connectivity index (χ0) is 40.1. The number of non-ortho nitro benzene ring substituents is 1. The molecule has 2 saturated heterocycles. The second kappa shape index (κ2) is 17.2. The number of halogens is 2. The normalized spacial score (nSPS) is 20.4. The van der Waals surface area contributed by atoms with E-state index in [2.05, 4.69) is 4.90 Å². The third-order valence-electron chi connectivity index (χ3n) is 11.1. The van der Waals surface area contributed by atoms with Crippen molar-refractivity contribution in [1.29, 1.82) is 0 Å². The molecule has 2 aliphatic heterocycles. The molecule has 6 rings (SSSR count). The molecule has 2 aliphatic carbocycles. The Hall–Kier alpha value is -4.00. The fraction of sp³-hybridized carbons (Fsp3) is 0.659. The minimum absolute atomic E-state index is 0.0891. The number of nitrogen functional groups attached to an aromatic ring is 1. The van der Waals surface area contributed by atoms with Crippen LogP contribution in [-0.2, 0) is 19.1 Å². The molecule has 0 aromatic heterocycles. The number of carbonyl (C=O) groups excluding carboxylic acids is 2. The highest BCUT2D eigenvalue weighted by atomic mass is 19.1. The van der Waals surface area contributed by atoms with Crippen LogP contribution in [0.2, 0.25) is 0 Å². The number of hydrogen-bond acceptors (Lipinski definition) is 10. The van der Waals surface area contributed by atoms with E-state index in [1.807, 2.05) is 46.4 Å². The number of hydrogen-bond donors (Lipinski definition) is 2. The minimum Gasteiger partial charge on any atom is -0.460 e. The lowest BCUT2D eigenvalue weighted by atomic mass is 9.57. The lowest BCUT2D eigenvalue weighted by Crippen LogP contribution is -2.48. The zero-order valence-corrected chi connectivity index (χ0v) is 33.1. The molecular formula is C41H60F2N4O7. The van der Waals surface area contributed by atoms with Crippen LogP contribution in [0.1, 0.15) is 106 Å². The largest absolute Gasteiger partial charge is 0.460 e. The molecule has 0 unspecified atom stereocenters. The number of benzene rings is 2. The van der Waals surface area contributed by atoms with Crippen molar-refractivity contribution < 1.29 is 37.9 Å². The molecule has 0 radical (unpaired) electrons. The van der Waals surface area contributed by atoms with Crippen molar-refractivity contribution in [3.05, 3.63) is 58.1 Å². The van der Waals surface area contributed by atoms with Gasteiger partial charge in [0.1, 0.15) is 17.0 Å². The van der Waals surface area contributed by atoms with Crippen LogP contribution in [0, 0.1) is 44.4 Å². The highest BCUT2D eigenvalue weighted by Crippen LogP contribution is 2.55. The summed E-state index contributed by atoms with van der Waals surface area (Å²) in [4.78, 5) is 38.2. The van der Waals surface area contributed by atoms with E-state index in [1.165, 1.54) is 18.2 Å². The molecule has 2 aromatic carbocycles. The Balaban J connectivity index is 0.000000231. The smallest absolute Gasteiger partial charge is 0.306 e. The monoisotopic (exact) mass is 758 g/mol. The Labute approximate surface area is 318 Å². The average Bonchev–Trinajstić information content (AvgIpc) is 3.04. The average molecular weight is 759 g/mol. The van der Waals surface area contributed by atoms with E-state index in [9.17, 15) is 28.5 Å². The third kappa shape index (κ3) is 11.5. The number of nitrogens with two attached hydrogens (primary N) is 1. The number of piperidine rings is 2. The molecule has 4 aliphatic rings. The van der Waals surface area contributed by atoms with E-state index in [4.69, 9.17) is 20.3 Å². The Kier molecular flexibility index (Phi) is 13.6. The van der Waals surface area contributed by atoms with Gasteiger partial charge in [-0.1, -0.05) is 0 Å². The highest BCUT2D eigenvalue weighted by Gasteiger charge is 2.48. The number of aliphatic hydroxyl groups is 1. The molecule has 0 bridgehead atoms. The van der Waals surface area contributed by atoms with E-state index in [1.54, 1.807) is 12.1 Å². The molecule has 2 spiro atoms. The molecule has 2 aromatic rings. The molecule has 13 heteroatoms. The number of carbonyl (C=O) groups is 2. The van der Waals surface area contributed by atoms with Crippen LogP contribution in [0.4, 0.5) is 31.5 Å².